The number of amides is 3. The van der Waals surface area contributed by atoms with Gasteiger partial charge >= 0.3 is 0 Å². The molecule has 146 valence electrons. The molecular weight excluding hydrogens is 346 g/mol. The highest BCUT2D eigenvalue weighted by molar-refractivity contribution is 6.01. The Balaban J connectivity index is 1.57. The molecule has 1 atom stereocenters. The molecule has 1 aliphatic carbocycles. The highest BCUT2D eigenvalue weighted by Crippen LogP contribution is 2.28. The van der Waals surface area contributed by atoms with Crippen molar-refractivity contribution in [2.24, 2.45) is 0 Å². The zero-order valence-electron chi connectivity index (χ0n) is 16.0. The van der Waals surface area contributed by atoms with Gasteiger partial charge in [-0.2, -0.15) is 5.10 Å². The summed E-state index contributed by atoms with van der Waals surface area (Å²) >= 11 is 0. The van der Waals surface area contributed by atoms with E-state index in [1.54, 1.807) is 24.9 Å². The Labute approximate surface area is 158 Å². The minimum absolute atomic E-state index is 0.137. The molecule has 3 heterocycles. The SMILES string of the molecule is CN1C(=O)c2cc(C(=O)N3CCCC3)nn2CC1(C)C(=O)NC1CCCC1. The topological polar surface area (TPSA) is 87.5 Å². The predicted molar refractivity (Wildman–Crippen MR) is 98.3 cm³/mol. The fraction of sp³-hybridized carbons (Fsp3) is 0.684. The second kappa shape index (κ2) is 6.65. The molecule has 3 amide bonds. The third-order valence-electron chi connectivity index (χ3n) is 6.29. The second-order valence-corrected chi connectivity index (χ2v) is 8.16. The molecule has 1 saturated carbocycles. The lowest BCUT2D eigenvalue weighted by Crippen LogP contribution is -2.63. The first-order valence-electron chi connectivity index (χ1n) is 9.86. The number of aromatic nitrogens is 2. The molecular formula is C19H27N5O3. The summed E-state index contributed by atoms with van der Waals surface area (Å²) < 4.78 is 1.53. The third-order valence-corrected chi connectivity index (χ3v) is 6.29. The van der Waals surface area contributed by atoms with Crippen LogP contribution in [-0.4, -0.2) is 69.0 Å². The van der Waals surface area contributed by atoms with Gasteiger partial charge in [-0.1, -0.05) is 12.8 Å². The Bertz CT molecular complexity index is 776. The van der Waals surface area contributed by atoms with Crippen LogP contribution in [0.15, 0.2) is 6.07 Å². The molecule has 8 heteroatoms. The number of rotatable bonds is 3. The average Bonchev–Trinajstić information content (AvgIpc) is 3.40. The highest BCUT2D eigenvalue weighted by Gasteiger charge is 2.47. The maximum atomic E-state index is 13.0. The van der Waals surface area contributed by atoms with Gasteiger partial charge in [0.15, 0.2) is 5.69 Å². The maximum Gasteiger partial charge on any atom is 0.274 e. The fourth-order valence-corrected chi connectivity index (χ4v) is 4.32. The largest absolute Gasteiger partial charge is 0.351 e. The van der Waals surface area contributed by atoms with Crippen LogP contribution in [0.25, 0.3) is 0 Å². The van der Waals surface area contributed by atoms with Gasteiger partial charge < -0.3 is 15.1 Å². The normalized spacial score (nSPS) is 25.8. The van der Waals surface area contributed by atoms with E-state index in [9.17, 15) is 14.4 Å². The van der Waals surface area contributed by atoms with E-state index in [-0.39, 0.29) is 36.0 Å². The average molecular weight is 373 g/mol. The number of nitrogens with one attached hydrogen (secondary N) is 1. The number of hydrogen-bond donors (Lipinski definition) is 1. The lowest BCUT2D eigenvalue weighted by atomic mass is 9.95. The van der Waals surface area contributed by atoms with Gasteiger partial charge in [-0.25, -0.2) is 0 Å². The van der Waals surface area contributed by atoms with E-state index in [0.717, 1.165) is 51.6 Å². The van der Waals surface area contributed by atoms with Crippen molar-refractivity contribution in [2.75, 3.05) is 20.1 Å². The van der Waals surface area contributed by atoms with Gasteiger partial charge in [0.25, 0.3) is 11.8 Å². The van der Waals surface area contributed by atoms with Gasteiger partial charge in [0, 0.05) is 32.2 Å². The predicted octanol–water partition coefficient (Wildman–Crippen LogP) is 1.02. The molecule has 1 N–H and O–H groups in total. The van der Waals surface area contributed by atoms with Crippen LogP contribution >= 0.6 is 0 Å². The van der Waals surface area contributed by atoms with Crippen LogP contribution in [0.2, 0.25) is 0 Å². The number of likely N-dealkylation sites (tertiary alicyclic amines) is 1. The standard InChI is InChI=1S/C19H27N5O3/c1-19(18(27)20-13-7-3-4-8-13)12-24-15(17(26)22(19)2)11-14(21-24)16(25)23-9-5-6-10-23/h11,13H,3-10,12H2,1-2H3,(H,20,27). The van der Waals surface area contributed by atoms with Crippen molar-refractivity contribution < 1.29 is 14.4 Å². The molecule has 0 bridgehead atoms. The fourth-order valence-electron chi connectivity index (χ4n) is 4.32. The molecule has 2 aliphatic heterocycles. The molecule has 4 rings (SSSR count). The third kappa shape index (κ3) is 3.00. The smallest absolute Gasteiger partial charge is 0.274 e. The molecule has 3 aliphatic rings. The van der Waals surface area contributed by atoms with Crippen molar-refractivity contribution in [3.05, 3.63) is 17.5 Å². The number of likely N-dealkylation sites (N-methyl/N-ethyl adjacent to an activating group) is 1. The van der Waals surface area contributed by atoms with Gasteiger partial charge in [0.2, 0.25) is 5.91 Å². The van der Waals surface area contributed by atoms with Gasteiger partial charge in [-0.15, -0.1) is 0 Å². The van der Waals surface area contributed by atoms with Gasteiger partial charge in [0.1, 0.15) is 11.2 Å². The first-order chi connectivity index (χ1) is 12.9. The second-order valence-electron chi connectivity index (χ2n) is 8.16. The zero-order chi connectivity index (χ0) is 19.2. The monoisotopic (exact) mass is 373 g/mol. The molecule has 0 aromatic carbocycles. The molecule has 0 spiro atoms. The quantitative estimate of drug-likeness (QED) is 0.857. The Kier molecular flexibility index (Phi) is 4.44. The summed E-state index contributed by atoms with van der Waals surface area (Å²) in [5.74, 6) is -0.570. The summed E-state index contributed by atoms with van der Waals surface area (Å²) in [4.78, 5) is 41.7. The van der Waals surface area contributed by atoms with Crippen molar-refractivity contribution in [2.45, 2.75) is 63.6 Å². The number of nitrogens with zero attached hydrogens (tertiary/aromatic N) is 4. The molecule has 2 fully saturated rings. The summed E-state index contributed by atoms with van der Waals surface area (Å²) in [6, 6.07) is 1.75. The van der Waals surface area contributed by atoms with Crippen LogP contribution in [0.4, 0.5) is 0 Å². The van der Waals surface area contributed by atoms with Gasteiger partial charge in [0.05, 0.1) is 6.54 Å². The van der Waals surface area contributed by atoms with Crippen LogP contribution in [0.3, 0.4) is 0 Å². The van der Waals surface area contributed by atoms with Crippen LogP contribution < -0.4 is 5.32 Å². The summed E-state index contributed by atoms with van der Waals surface area (Å²) in [5, 5.41) is 7.48. The van der Waals surface area contributed by atoms with Crippen molar-refractivity contribution in [3.63, 3.8) is 0 Å². The van der Waals surface area contributed by atoms with E-state index < -0.39 is 5.54 Å². The van der Waals surface area contributed by atoms with Gasteiger partial charge in [-0.05, 0) is 32.6 Å². The number of carbonyl (C=O) groups excluding carboxylic acids is 3. The van der Waals surface area contributed by atoms with Gasteiger partial charge in [-0.3, -0.25) is 19.1 Å². The minimum Gasteiger partial charge on any atom is -0.351 e. The first-order valence-corrected chi connectivity index (χ1v) is 9.86. The number of fused-ring (bicyclic) bond motifs is 1. The van der Waals surface area contributed by atoms with Crippen LogP contribution in [0.1, 0.15) is 66.4 Å². The zero-order valence-corrected chi connectivity index (χ0v) is 16.0. The van der Waals surface area contributed by atoms with Crippen molar-refractivity contribution in [3.8, 4) is 0 Å². The summed E-state index contributed by atoms with van der Waals surface area (Å²) in [7, 11) is 1.65. The molecule has 1 unspecified atom stereocenters. The van der Waals surface area contributed by atoms with Crippen molar-refractivity contribution >= 4 is 17.7 Å². The molecule has 0 radical (unpaired) electrons. The molecule has 1 saturated heterocycles. The maximum absolute atomic E-state index is 13.0. The summed E-state index contributed by atoms with van der Waals surface area (Å²) in [5.41, 5.74) is -0.368. The van der Waals surface area contributed by atoms with Crippen LogP contribution in [0, 0.1) is 0 Å². The lowest BCUT2D eigenvalue weighted by Gasteiger charge is -2.41. The Morgan fingerprint density at radius 1 is 1.19 bits per heavy atom. The van der Waals surface area contributed by atoms with E-state index in [0.29, 0.717) is 5.69 Å². The lowest BCUT2D eigenvalue weighted by molar-refractivity contribution is -0.133. The minimum atomic E-state index is -1.02. The molecule has 1 aromatic rings. The van der Waals surface area contributed by atoms with Crippen molar-refractivity contribution in [1.29, 1.82) is 0 Å². The van der Waals surface area contributed by atoms with E-state index in [4.69, 9.17) is 0 Å². The van der Waals surface area contributed by atoms with Crippen LogP contribution in [-0.2, 0) is 11.3 Å². The first kappa shape index (κ1) is 18.0. The summed E-state index contributed by atoms with van der Waals surface area (Å²) in [6.45, 7) is 3.48. The van der Waals surface area contributed by atoms with E-state index in [1.165, 1.54) is 9.58 Å². The molecule has 1 aromatic heterocycles. The Morgan fingerprint density at radius 3 is 2.52 bits per heavy atom. The highest BCUT2D eigenvalue weighted by atomic mass is 16.2. The molecule has 27 heavy (non-hydrogen) atoms. The van der Waals surface area contributed by atoms with E-state index >= 15 is 0 Å². The number of carbonyl (C=O) groups is 3. The van der Waals surface area contributed by atoms with E-state index in [2.05, 4.69) is 10.4 Å². The van der Waals surface area contributed by atoms with E-state index in [1.807, 2.05) is 0 Å². The van der Waals surface area contributed by atoms with Crippen molar-refractivity contribution in [1.82, 2.24) is 24.9 Å². The summed E-state index contributed by atoms with van der Waals surface area (Å²) in [6.07, 6.45) is 6.23. The number of hydrogen-bond acceptors (Lipinski definition) is 4. The molecule has 8 nitrogen and oxygen atoms in total. The van der Waals surface area contributed by atoms with Crippen LogP contribution in [0.5, 0.6) is 0 Å². The Hall–Kier alpha value is -2.38. The Morgan fingerprint density at radius 2 is 1.85 bits per heavy atom.